The van der Waals surface area contributed by atoms with E-state index in [-0.39, 0.29) is 5.92 Å². The summed E-state index contributed by atoms with van der Waals surface area (Å²) in [6.07, 6.45) is 2.03. The molecule has 2 aromatic rings. The van der Waals surface area contributed by atoms with E-state index in [1.54, 1.807) is 26.2 Å². The molecule has 2 atom stereocenters. The summed E-state index contributed by atoms with van der Waals surface area (Å²) in [6.45, 7) is 0. The standard InChI is InChI=1S/C17H17NO2S/c1-19-14-7-3-12(4-8-14)16-11-18-21-17(16)13-5-9-15(20-2)10-6-13/h3-11,16-17H,1-2H3. The van der Waals surface area contributed by atoms with Crippen LogP contribution in [0.15, 0.2) is 52.9 Å². The average molecular weight is 299 g/mol. The smallest absolute Gasteiger partial charge is 0.118 e. The first-order chi connectivity index (χ1) is 10.3. The zero-order valence-electron chi connectivity index (χ0n) is 12.0. The van der Waals surface area contributed by atoms with Crippen molar-refractivity contribution in [3.8, 4) is 11.5 Å². The fourth-order valence-electron chi connectivity index (χ4n) is 2.46. The van der Waals surface area contributed by atoms with Crippen molar-refractivity contribution >= 4 is 18.2 Å². The molecule has 1 aliphatic heterocycles. The maximum Gasteiger partial charge on any atom is 0.118 e. The van der Waals surface area contributed by atoms with Crippen LogP contribution in [0, 0.1) is 0 Å². The van der Waals surface area contributed by atoms with Gasteiger partial charge in [0.2, 0.25) is 0 Å². The van der Waals surface area contributed by atoms with Crippen LogP contribution in [-0.2, 0) is 0 Å². The second kappa shape index (κ2) is 6.22. The highest BCUT2D eigenvalue weighted by Crippen LogP contribution is 2.46. The predicted molar refractivity (Wildman–Crippen MR) is 87.6 cm³/mol. The fourth-order valence-corrected chi connectivity index (χ4v) is 3.43. The van der Waals surface area contributed by atoms with E-state index in [1.807, 2.05) is 30.5 Å². The molecule has 21 heavy (non-hydrogen) atoms. The highest BCUT2D eigenvalue weighted by Gasteiger charge is 2.28. The van der Waals surface area contributed by atoms with Crippen molar-refractivity contribution in [2.45, 2.75) is 11.2 Å². The average Bonchev–Trinajstić information content (AvgIpc) is 3.04. The lowest BCUT2D eigenvalue weighted by Crippen LogP contribution is -2.05. The Hall–Kier alpha value is -1.94. The number of hydrogen-bond acceptors (Lipinski definition) is 4. The minimum absolute atomic E-state index is 0.286. The predicted octanol–water partition coefficient (Wildman–Crippen LogP) is 4.26. The van der Waals surface area contributed by atoms with Gasteiger partial charge in [0.15, 0.2) is 0 Å². The zero-order chi connectivity index (χ0) is 14.7. The first-order valence-electron chi connectivity index (χ1n) is 6.79. The molecule has 108 valence electrons. The molecular formula is C17H17NO2S. The van der Waals surface area contributed by atoms with E-state index in [0.717, 1.165) is 11.5 Å². The van der Waals surface area contributed by atoms with E-state index < -0.39 is 0 Å². The molecule has 4 heteroatoms. The molecule has 0 fully saturated rings. The van der Waals surface area contributed by atoms with Crippen molar-refractivity contribution in [2.24, 2.45) is 4.40 Å². The van der Waals surface area contributed by atoms with Gasteiger partial charge in [0.05, 0.1) is 19.5 Å². The molecule has 3 nitrogen and oxygen atoms in total. The molecule has 0 radical (unpaired) electrons. The topological polar surface area (TPSA) is 30.8 Å². The Kier molecular flexibility index (Phi) is 4.15. The molecule has 0 N–H and O–H groups in total. The quantitative estimate of drug-likeness (QED) is 0.790. The second-order valence-corrected chi connectivity index (χ2v) is 5.78. The van der Waals surface area contributed by atoms with Crippen LogP contribution >= 0.6 is 11.9 Å². The lowest BCUT2D eigenvalue weighted by atomic mass is 9.92. The van der Waals surface area contributed by atoms with Gasteiger partial charge < -0.3 is 9.47 Å². The summed E-state index contributed by atoms with van der Waals surface area (Å²) in [5, 5.41) is 0.310. The summed E-state index contributed by atoms with van der Waals surface area (Å²) in [5.41, 5.74) is 2.52. The van der Waals surface area contributed by atoms with Crippen LogP contribution in [0.2, 0.25) is 0 Å². The van der Waals surface area contributed by atoms with Crippen LogP contribution in [0.25, 0.3) is 0 Å². The number of methoxy groups -OCH3 is 2. The van der Waals surface area contributed by atoms with Gasteiger partial charge in [0.25, 0.3) is 0 Å². The Labute approximate surface area is 129 Å². The van der Waals surface area contributed by atoms with E-state index in [2.05, 4.69) is 28.7 Å². The Morgan fingerprint density at radius 3 is 1.86 bits per heavy atom. The summed E-state index contributed by atoms with van der Waals surface area (Å²) in [7, 11) is 3.37. The maximum atomic E-state index is 5.22. The number of hydrogen-bond donors (Lipinski definition) is 0. The molecule has 0 spiro atoms. The molecule has 0 aromatic heterocycles. The fraction of sp³-hybridized carbons (Fsp3) is 0.235. The lowest BCUT2D eigenvalue weighted by Gasteiger charge is -2.18. The van der Waals surface area contributed by atoms with Crippen LogP contribution in [0.3, 0.4) is 0 Å². The summed E-state index contributed by atoms with van der Waals surface area (Å²) < 4.78 is 14.8. The molecule has 0 amide bonds. The lowest BCUT2D eigenvalue weighted by molar-refractivity contribution is 0.414. The van der Waals surface area contributed by atoms with E-state index >= 15 is 0 Å². The molecule has 0 saturated heterocycles. The Morgan fingerprint density at radius 2 is 1.33 bits per heavy atom. The maximum absolute atomic E-state index is 5.22. The number of nitrogens with zero attached hydrogens (tertiary/aromatic N) is 1. The van der Waals surface area contributed by atoms with Crippen molar-refractivity contribution in [1.29, 1.82) is 0 Å². The minimum Gasteiger partial charge on any atom is -0.497 e. The molecule has 2 unspecified atom stereocenters. The van der Waals surface area contributed by atoms with Crippen LogP contribution in [0.1, 0.15) is 22.3 Å². The first kappa shape index (κ1) is 14.0. The minimum atomic E-state index is 0.286. The van der Waals surface area contributed by atoms with E-state index in [0.29, 0.717) is 5.25 Å². The molecular weight excluding hydrogens is 282 g/mol. The molecule has 0 bridgehead atoms. The highest BCUT2D eigenvalue weighted by molar-refractivity contribution is 7.98. The third-order valence-corrected chi connectivity index (χ3v) is 4.70. The molecule has 0 aliphatic carbocycles. The third kappa shape index (κ3) is 2.90. The van der Waals surface area contributed by atoms with Gasteiger partial charge in [-0.05, 0) is 47.3 Å². The summed E-state index contributed by atoms with van der Waals surface area (Å²) in [6, 6.07) is 16.4. The number of rotatable bonds is 4. The van der Waals surface area contributed by atoms with Crippen molar-refractivity contribution in [1.82, 2.24) is 0 Å². The van der Waals surface area contributed by atoms with Gasteiger partial charge in [0.1, 0.15) is 11.5 Å². The van der Waals surface area contributed by atoms with Gasteiger partial charge in [-0.15, -0.1) is 0 Å². The van der Waals surface area contributed by atoms with Gasteiger partial charge in [-0.25, -0.2) is 4.40 Å². The van der Waals surface area contributed by atoms with Gasteiger partial charge in [-0.3, -0.25) is 0 Å². The van der Waals surface area contributed by atoms with E-state index in [9.17, 15) is 0 Å². The Morgan fingerprint density at radius 1 is 0.810 bits per heavy atom. The van der Waals surface area contributed by atoms with Crippen molar-refractivity contribution in [3.63, 3.8) is 0 Å². The molecule has 2 aromatic carbocycles. The molecule has 1 aliphatic rings. The van der Waals surface area contributed by atoms with E-state index in [4.69, 9.17) is 9.47 Å². The van der Waals surface area contributed by atoms with Gasteiger partial charge in [0, 0.05) is 12.1 Å². The third-order valence-electron chi connectivity index (χ3n) is 3.67. The number of benzene rings is 2. The zero-order valence-corrected chi connectivity index (χ0v) is 12.8. The first-order valence-corrected chi connectivity index (χ1v) is 7.62. The van der Waals surface area contributed by atoms with Crippen LogP contribution in [0.5, 0.6) is 11.5 Å². The van der Waals surface area contributed by atoms with Crippen LogP contribution in [-0.4, -0.2) is 20.4 Å². The monoisotopic (exact) mass is 299 g/mol. The van der Waals surface area contributed by atoms with Gasteiger partial charge in [-0.1, -0.05) is 24.3 Å². The van der Waals surface area contributed by atoms with Crippen molar-refractivity contribution in [3.05, 3.63) is 59.7 Å². The summed E-state index contributed by atoms with van der Waals surface area (Å²) in [4.78, 5) is 0. The molecule has 0 saturated carbocycles. The highest BCUT2D eigenvalue weighted by atomic mass is 32.2. The molecule has 3 rings (SSSR count). The van der Waals surface area contributed by atoms with Crippen LogP contribution < -0.4 is 9.47 Å². The van der Waals surface area contributed by atoms with Gasteiger partial charge in [-0.2, -0.15) is 0 Å². The summed E-state index contributed by atoms with van der Waals surface area (Å²) >= 11 is 1.62. The van der Waals surface area contributed by atoms with Crippen molar-refractivity contribution < 1.29 is 9.47 Å². The Bertz CT molecular complexity index is 622. The second-order valence-electron chi connectivity index (χ2n) is 4.85. The normalized spacial score (nSPS) is 20.5. The Balaban J connectivity index is 1.84. The van der Waals surface area contributed by atoms with Crippen LogP contribution in [0.4, 0.5) is 0 Å². The van der Waals surface area contributed by atoms with Gasteiger partial charge >= 0.3 is 0 Å². The van der Waals surface area contributed by atoms with Crippen molar-refractivity contribution in [2.75, 3.05) is 14.2 Å². The van der Waals surface area contributed by atoms with E-state index in [1.165, 1.54) is 11.1 Å². The molecule has 1 heterocycles. The largest absolute Gasteiger partial charge is 0.497 e. The number of ether oxygens (including phenoxy) is 2. The summed E-state index contributed by atoms with van der Waals surface area (Å²) in [5.74, 6) is 2.04. The SMILES string of the molecule is COc1ccc(C2C=NSC2c2ccc(OC)cc2)cc1.